The second-order valence-corrected chi connectivity index (χ2v) is 2.81. The van der Waals surface area contributed by atoms with Crippen LogP contribution < -0.4 is 0 Å². The van der Waals surface area contributed by atoms with Crippen LogP contribution in [0, 0.1) is 0 Å². The first-order chi connectivity index (χ1) is 5.24. The molecule has 0 radical (unpaired) electrons. The first kappa shape index (κ1) is 8.62. The largest absolute Gasteiger partial charge is 0.274 e. The fourth-order valence-electron chi connectivity index (χ4n) is 0.746. The highest BCUT2D eigenvalue weighted by Gasteiger charge is 1.99. The molecule has 0 aliphatic rings. The summed E-state index contributed by atoms with van der Waals surface area (Å²) < 4.78 is 1.66. The van der Waals surface area contributed by atoms with Crippen LogP contribution in [-0.4, -0.2) is 15.7 Å². The number of hydrogen-bond acceptors (Lipinski definition) is 1. The van der Waals surface area contributed by atoms with E-state index in [4.69, 9.17) is 23.2 Å². The number of allylic oxidation sites excluding steroid dienone is 1. The molecule has 0 aromatic carbocycles. The number of aryl methyl sites for hydroxylation is 1. The molecule has 0 saturated carbocycles. The van der Waals surface area contributed by atoms with Crippen molar-refractivity contribution in [1.82, 2.24) is 9.78 Å². The van der Waals surface area contributed by atoms with Gasteiger partial charge in [-0.05, 0) is 6.08 Å². The molecule has 1 aromatic heterocycles. The summed E-state index contributed by atoms with van der Waals surface area (Å²) in [5.41, 5.74) is 0.759. The van der Waals surface area contributed by atoms with E-state index >= 15 is 0 Å². The Bertz CT molecular complexity index is 265. The van der Waals surface area contributed by atoms with Crippen LogP contribution >= 0.6 is 23.2 Å². The van der Waals surface area contributed by atoms with Crippen molar-refractivity contribution in [2.75, 3.05) is 5.88 Å². The fraction of sp³-hybridized carbons (Fsp3) is 0.286. The molecule has 0 spiro atoms. The highest BCUT2D eigenvalue weighted by molar-refractivity contribution is 6.31. The Labute approximate surface area is 75.4 Å². The molecule has 0 atom stereocenters. The van der Waals surface area contributed by atoms with Gasteiger partial charge in [-0.1, -0.05) is 17.7 Å². The Balaban J connectivity index is 2.85. The molecule has 0 aliphatic carbocycles. The van der Waals surface area contributed by atoms with E-state index in [0.717, 1.165) is 5.69 Å². The Morgan fingerprint density at radius 1 is 1.73 bits per heavy atom. The number of aromatic nitrogens is 2. The summed E-state index contributed by atoms with van der Waals surface area (Å²) in [7, 11) is 1.82. The first-order valence-corrected chi connectivity index (χ1v) is 4.07. The van der Waals surface area contributed by atoms with Gasteiger partial charge in [0, 0.05) is 19.1 Å². The van der Waals surface area contributed by atoms with Gasteiger partial charge < -0.3 is 0 Å². The van der Waals surface area contributed by atoms with Crippen molar-refractivity contribution in [2.24, 2.45) is 7.05 Å². The van der Waals surface area contributed by atoms with E-state index in [1.54, 1.807) is 23.0 Å². The molecule has 0 unspecified atom stereocenters. The standard InChI is InChI=1S/C7H8Cl2N2/c1-11-5-6(9)7(10-11)3-2-4-8/h2-3,5H,4H2,1H3. The van der Waals surface area contributed by atoms with Gasteiger partial charge in [0.25, 0.3) is 0 Å². The molecule has 2 nitrogen and oxygen atoms in total. The molecule has 1 aromatic rings. The van der Waals surface area contributed by atoms with Crippen LogP contribution in [0.4, 0.5) is 0 Å². The maximum Gasteiger partial charge on any atom is 0.103 e. The van der Waals surface area contributed by atoms with E-state index < -0.39 is 0 Å². The lowest BCUT2D eigenvalue weighted by atomic mass is 10.4. The van der Waals surface area contributed by atoms with E-state index in [9.17, 15) is 0 Å². The third-order valence-corrected chi connectivity index (χ3v) is 1.64. The van der Waals surface area contributed by atoms with Gasteiger partial charge in [0.2, 0.25) is 0 Å². The predicted molar refractivity (Wildman–Crippen MR) is 48.0 cm³/mol. The van der Waals surface area contributed by atoms with E-state index in [-0.39, 0.29) is 0 Å². The van der Waals surface area contributed by atoms with Crippen LogP contribution in [0.25, 0.3) is 6.08 Å². The van der Waals surface area contributed by atoms with Crippen LogP contribution in [-0.2, 0) is 7.05 Å². The van der Waals surface area contributed by atoms with Crippen LogP contribution in [0.15, 0.2) is 12.3 Å². The summed E-state index contributed by atoms with van der Waals surface area (Å²) in [6, 6.07) is 0. The van der Waals surface area contributed by atoms with Gasteiger partial charge in [-0.2, -0.15) is 5.10 Å². The molecular formula is C7H8Cl2N2. The molecule has 11 heavy (non-hydrogen) atoms. The normalized spacial score (nSPS) is 11.2. The smallest absolute Gasteiger partial charge is 0.103 e. The molecule has 1 rings (SSSR count). The van der Waals surface area contributed by atoms with Crippen molar-refractivity contribution in [3.63, 3.8) is 0 Å². The topological polar surface area (TPSA) is 17.8 Å². The van der Waals surface area contributed by atoms with Crippen molar-refractivity contribution in [2.45, 2.75) is 0 Å². The van der Waals surface area contributed by atoms with Crippen LogP contribution in [0.2, 0.25) is 5.02 Å². The molecular weight excluding hydrogens is 183 g/mol. The Hall–Kier alpha value is -0.470. The van der Waals surface area contributed by atoms with E-state index in [1.807, 2.05) is 7.05 Å². The molecule has 0 bridgehead atoms. The highest BCUT2D eigenvalue weighted by Crippen LogP contribution is 2.14. The SMILES string of the molecule is Cn1cc(Cl)c(C=CCCl)n1. The van der Waals surface area contributed by atoms with Crippen LogP contribution in [0.1, 0.15) is 5.69 Å². The Kier molecular flexibility index (Phi) is 2.97. The maximum atomic E-state index is 5.80. The van der Waals surface area contributed by atoms with Crippen molar-refractivity contribution < 1.29 is 0 Å². The van der Waals surface area contributed by atoms with E-state index in [1.165, 1.54) is 0 Å². The highest BCUT2D eigenvalue weighted by atomic mass is 35.5. The molecule has 0 aliphatic heterocycles. The predicted octanol–water partition coefficient (Wildman–Crippen LogP) is 2.33. The summed E-state index contributed by atoms with van der Waals surface area (Å²) in [5.74, 6) is 0.479. The number of nitrogens with zero attached hydrogens (tertiary/aromatic N) is 2. The second kappa shape index (κ2) is 3.79. The minimum absolute atomic E-state index is 0.479. The van der Waals surface area contributed by atoms with Gasteiger partial charge >= 0.3 is 0 Å². The van der Waals surface area contributed by atoms with Crippen molar-refractivity contribution in [3.8, 4) is 0 Å². The summed E-state index contributed by atoms with van der Waals surface area (Å²) in [5, 5.41) is 4.73. The molecule has 0 amide bonds. The van der Waals surface area contributed by atoms with Gasteiger partial charge in [0.1, 0.15) is 5.69 Å². The Morgan fingerprint density at radius 2 is 2.45 bits per heavy atom. The average Bonchev–Trinajstić information content (AvgIpc) is 2.26. The first-order valence-electron chi connectivity index (χ1n) is 3.15. The molecule has 0 N–H and O–H groups in total. The van der Waals surface area contributed by atoms with Crippen molar-refractivity contribution >= 4 is 29.3 Å². The second-order valence-electron chi connectivity index (χ2n) is 2.09. The molecule has 1 heterocycles. The lowest BCUT2D eigenvalue weighted by molar-refractivity contribution is 0.764. The van der Waals surface area contributed by atoms with Gasteiger partial charge in [0.05, 0.1) is 5.02 Å². The zero-order chi connectivity index (χ0) is 8.27. The average molecular weight is 191 g/mol. The van der Waals surface area contributed by atoms with Gasteiger partial charge in [-0.3, -0.25) is 4.68 Å². The summed E-state index contributed by atoms with van der Waals surface area (Å²) in [6.45, 7) is 0. The van der Waals surface area contributed by atoms with E-state index in [2.05, 4.69) is 5.10 Å². The fourth-order valence-corrected chi connectivity index (χ4v) is 1.08. The van der Waals surface area contributed by atoms with Crippen molar-refractivity contribution in [1.29, 1.82) is 0 Å². The zero-order valence-electron chi connectivity index (χ0n) is 6.09. The summed E-state index contributed by atoms with van der Waals surface area (Å²) in [6.07, 6.45) is 5.35. The lowest BCUT2D eigenvalue weighted by Crippen LogP contribution is -1.86. The number of rotatable bonds is 2. The lowest BCUT2D eigenvalue weighted by Gasteiger charge is -1.83. The molecule has 0 fully saturated rings. The Morgan fingerprint density at radius 3 is 2.91 bits per heavy atom. The molecule has 4 heteroatoms. The third-order valence-electron chi connectivity index (χ3n) is 1.18. The number of halogens is 2. The minimum Gasteiger partial charge on any atom is -0.274 e. The number of hydrogen-bond donors (Lipinski definition) is 0. The van der Waals surface area contributed by atoms with E-state index in [0.29, 0.717) is 10.9 Å². The molecule has 60 valence electrons. The van der Waals surface area contributed by atoms with Gasteiger partial charge in [-0.25, -0.2) is 0 Å². The third kappa shape index (κ3) is 2.24. The summed E-state index contributed by atoms with van der Waals surface area (Å²) in [4.78, 5) is 0. The zero-order valence-corrected chi connectivity index (χ0v) is 7.60. The molecule has 0 saturated heterocycles. The van der Waals surface area contributed by atoms with Crippen LogP contribution in [0.5, 0.6) is 0 Å². The van der Waals surface area contributed by atoms with Gasteiger partial charge in [0.15, 0.2) is 0 Å². The summed E-state index contributed by atoms with van der Waals surface area (Å²) >= 11 is 11.2. The minimum atomic E-state index is 0.479. The number of alkyl halides is 1. The van der Waals surface area contributed by atoms with Crippen molar-refractivity contribution in [3.05, 3.63) is 23.0 Å². The van der Waals surface area contributed by atoms with Gasteiger partial charge in [-0.15, -0.1) is 11.6 Å². The van der Waals surface area contributed by atoms with Crippen LogP contribution in [0.3, 0.4) is 0 Å². The monoisotopic (exact) mass is 190 g/mol. The quantitative estimate of drug-likeness (QED) is 0.656. The maximum absolute atomic E-state index is 5.80.